The van der Waals surface area contributed by atoms with Crippen LogP contribution >= 0.6 is 0 Å². The summed E-state index contributed by atoms with van der Waals surface area (Å²) in [6.07, 6.45) is 2.05. The lowest BCUT2D eigenvalue weighted by molar-refractivity contribution is -0.151. The first-order valence-corrected chi connectivity index (χ1v) is 5.51. The van der Waals surface area contributed by atoms with Crippen LogP contribution in [0.25, 0.3) is 0 Å². The van der Waals surface area contributed by atoms with Gasteiger partial charge in [0.05, 0.1) is 6.61 Å². The zero-order chi connectivity index (χ0) is 13.3. The van der Waals surface area contributed by atoms with Gasteiger partial charge in [-0.25, -0.2) is 0 Å². The van der Waals surface area contributed by atoms with Gasteiger partial charge in [-0.15, -0.1) is 0 Å². The van der Waals surface area contributed by atoms with E-state index in [-0.39, 0.29) is 12.5 Å². The molecule has 6 nitrogen and oxygen atoms in total. The number of amides is 1. The molecule has 0 radical (unpaired) electrons. The van der Waals surface area contributed by atoms with E-state index in [1.54, 1.807) is 14.1 Å². The lowest BCUT2D eigenvalue weighted by Crippen LogP contribution is -2.21. The highest BCUT2D eigenvalue weighted by Crippen LogP contribution is 2.02. The summed E-state index contributed by atoms with van der Waals surface area (Å²) in [5.41, 5.74) is 0. The van der Waals surface area contributed by atoms with Crippen molar-refractivity contribution < 1.29 is 24.2 Å². The molecule has 6 heteroatoms. The van der Waals surface area contributed by atoms with Crippen LogP contribution in [0.5, 0.6) is 0 Å². The van der Waals surface area contributed by atoms with Crippen molar-refractivity contribution in [3.05, 3.63) is 0 Å². The highest BCUT2D eigenvalue weighted by Gasteiger charge is 2.08. The van der Waals surface area contributed by atoms with Crippen molar-refractivity contribution in [3.8, 4) is 0 Å². The first-order valence-electron chi connectivity index (χ1n) is 5.51. The maximum absolute atomic E-state index is 11.2. The molecule has 0 fully saturated rings. The van der Waals surface area contributed by atoms with Gasteiger partial charge in [-0.1, -0.05) is 0 Å². The summed E-state index contributed by atoms with van der Waals surface area (Å²) in [5, 5.41) is 8.29. The van der Waals surface area contributed by atoms with Gasteiger partial charge in [0.15, 0.2) is 0 Å². The van der Waals surface area contributed by atoms with Crippen molar-refractivity contribution in [1.82, 2.24) is 4.90 Å². The predicted molar refractivity (Wildman–Crippen MR) is 60.4 cm³/mol. The van der Waals surface area contributed by atoms with Gasteiger partial charge in [-0.3, -0.25) is 14.4 Å². The van der Waals surface area contributed by atoms with Crippen LogP contribution < -0.4 is 0 Å². The quantitative estimate of drug-likeness (QED) is 0.385. The van der Waals surface area contributed by atoms with Crippen molar-refractivity contribution >= 4 is 17.8 Å². The molecule has 0 aromatic heterocycles. The summed E-state index contributed by atoms with van der Waals surface area (Å²) in [6.45, 7) is 0.211. The van der Waals surface area contributed by atoms with Crippen molar-refractivity contribution in [2.45, 2.75) is 32.1 Å². The van der Waals surface area contributed by atoms with Gasteiger partial charge < -0.3 is 14.7 Å². The number of carboxylic acid groups (broad SMARTS) is 1. The van der Waals surface area contributed by atoms with E-state index in [0.717, 1.165) is 12.8 Å². The zero-order valence-corrected chi connectivity index (χ0v) is 10.3. The number of hydrogen-bond acceptors (Lipinski definition) is 4. The molecule has 0 bridgehead atoms. The topological polar surface area (TPSA) is 83.9 Å². The van der Waals surface area contributed by atoms with E-state index >= 15 is 0 Å². The zero-order valence-electron chi connectivity index (χ0n) is 10.3. The number of unbranched alkanes of at least 4 members (excludes halogenated alkanes) is 2. The summed E-state index contributed by atoms with van der Waals surface area (Å²) in [5.74, 6) is -1.83. The second-order valence-corrected chi connectivity index (χ2v) is 3.89. The van der Waals surface area contributed by atoms with Crippen LogP contribution in [0.15, 0.2) is 0 Å². The van der Waals surface area contributed by atoms with Gasteiger partial charge in [-0.2, -0.15) is 0 Å². The average molecular weight is 245 g/mol. The molecule has 0 spiro atoms. The first kappa shape index (κ1) is 15.4. The van der Waals surface area contributed by atoms with Gasteiger partial charge in [-0.05, 0) is 19.3 Å². The molecule has 0 saturated carbocycles. The molecule has 0 atom stereocenters. The molecule has 0 rings (SSSR count). The van der Waals surface area contributed by atoms with Crippen LogP contribution in [0.1, 0.15) is 32.1 Å². The van der Waals surface area contributed by atoms with Crippen LogP contribution in [0.4, 0.5) is 0 Å². The van der Waals surface area contributed by atoms with E-state index < -0.39 is 18.4 Å². The number of aliphatic carboxylic acids is 1. The van der Waals surface area contributed by atoms with Gasteiger partial charge in [0.2, 0.25) is 5.91 Å². The Hall–Kier alpha value is -1.59. The molecule has 0 aliphatic heterocycles. The maximum Gasteiger partial charge on any atom is 0.317 e. The first-order chi connectivity index (χ1) is 7.93. The highest BCUT2D eigenvalue weighted by molar-refractivity contribution is 5.90. The van der Waals surface area contributed by atoms with E-state index in [2.05, 4.69) is 0 Å². The molecule has 1 amide bonds. The molecular weight excluding hydrogens is 226 g/mol. The molecule has 0 unspecified atom stereocenters. The van der Waals surface area contributed by atoms with Crippen molar-refractivity contribution in [3.63, 3.8) is 0 Å². The van der Waals surface area contributed by atoms with Gasteiger partial charge in [0.25, 0.3) is 0 Å². The third-order valence-corrected chi connectivity index (χ3v) is 2.09. The van der Waals surface area contributed by atoms with E-state index in [1.807, 2.05) is 0 Å². The Bertz CT molecular complexity index is 275. The molecule has 0 aliphatic rings. The minimum absolute atomic E-state index is 0.0767. The Labute approximate surface area is 101 Å². The van der Waals surface area contributed by atoms with E-state index in [1.165, 1.54) is 4.90 Å². The fraction of sp³-hybridized carbons (Fsp3) is 0.727. The molecule has 0 aromatic rings. The fourth-order valence-corrected chi connectivity index (χ4v) is 1.14. The number of hydrogen-bond donors (Lipinski definition) is 1. The minimum atomic E-state index is -1.19. The number of carboxylic acids is 1. The smallest absolute Gasteiger partial charge is 0.317 e. The Morgan fingerprint density at radius 3 is 2.29 bits per heavy atom. The number of esters is 1. The molecule has 0 aromatic carbocycles. The summed E-state index contributed by atoms with van der Waals surface area (Å²) < 4.78 is 4.69. The average Bonchev–Trinajstić information content (AvgIpc) is 2.21. The summed E-state index contributed by atoms with van der Waals surface area (Å²) in [7, 11) is 3.41. The van der Waals surface area contributed by atoms with E-state index in [0.29, 0.717) is 12.8 Å². The lowest BCUT2D eigenvalue weighted by atomic mass is 10.2. The molecule has 98 valence electrons. The molecule has 0 aliphatic carbocycles. The number of rotatable bonds is 8. The highest BCUT2D eigenvalue weighted by atomic mass is 16.5. The van der Waals surface area contributed by atoms with E-state index in [4.69, 9.17) is 9.84 Å². The summed E-state index contributed by atoms with van der Waals surface area (Å²) in [6, 6.07) is 0. The minimum Gasteiger partial charge on any atom is -0.481 e. The van der Waals surface area contributed by atoms with Crippen LogP contribution in [0.3, 0.4) is 0 Å². The van der Waals surface area contributed by atoms with Crippen molar-refractivity contribution in [2.24, 2.45) is 0 Å². The van der Waals surface area contributed by atoms with Crippen LogP contribution in [0, 0.1) is 0 Å². The SMILES string of the molecule is CN(C)C(=O)CCCCCOC(=O)CC(=O)O. The van der Waals surface area contributed by atoms with Crippen LogP contribution in [-0.4, -0.2) is 48.6 Å². The molecule has 1 N–H and O–H groups in total. The Morgan fingerprint density at radius 1 is 1.12 bits per heavy atom. The monoisotopic (exact) mass is 245 g/mol. The van der Waals surface area contributed by atoms with Crippen LogP contribution in [-0.2, 0) is 19.1 Å². The number of carbonyl (C=O) groups is 3. The van der Waals surface area contributed by atoms with Gasteiger partial charge in [0.1, 0.15) is 6.42 Å². The molecule has 0 heterocycles. The predicted octanol–water partition coefficient (Wildman–Crippen LogP) is 0.653. The summed E-state index contributed by atoms with van der Waals surface area (Å²) >= 11 is 0. The van der Waals surface area contributed by atoms with Crippen LogP contribution in [0.2, 0.25) is 0 Å². The second kappa shape index (κ2) is 8.55. The number of nitrogens with zero attached hydrogens (tertiary/aromatic N) is 1. The van der Waals surface area contributed by atoms with E-state index in [9.17, 15) is 14.4 Å². The third kappa shape index (κ3) is 9.35. The van der Waals surface area contributed by atoms with Crippen molar-refractivity contribution in [1.29, 1.82) is 0 Å². The Morgan fingerprint density at radius 2 is 1.76 bits per heavy atom. The van der Waals surface area contributed by atoms with Crippen molar-refractivity contribution in [2.75, 3.05) is 20.7 Å². The second-order valence-electron chi connectivity index (χ2n) is 3.89. The fourth-order valence-electron chi connectivity index (χ4n) is 1.14. The Balaban J connectivity index is 3.38. The number of ether oxygens (including phenoxy) is 1. The maximum atomic E-state index is 11.2. The third-order valence-electron chi connectivity index (χ3n) is 2.09. The van der Waals surface area contributed by atoms with Gasteiger partial charge >= 0.3 is 11.9 Å². The molecule has 17 heavy (non-hydrogen) atoms. The standard InChI is InChI=1S/C11H19NO5/c1-12(2)9(13)6-4-3-5-7-17-11(16)8-10(14)15/h3-8H2,1-2H3,(H,14,15). The normalized spacial score (nSPS) is 9.76. The molecular formula is C11H19NO5. The number of carbonyl (C=O) groups excluding carboxylic acids is 2. The van der Waals surface area contributed by atoms with Gasteiger partial charge in [0, 0.05) is 20.5 Å². The lowest BCUT2D eigenvalue weighted by Gasteiger charge is -2.09. The molecule has 0 saturated heterocycles. The summed E-state index contributed by atoms with van der Waals surface area (Å²) in [4.78, 5) is 33.7. The largest absolute Gasteiger partial charge is 0.481 e. The Kier molecular flexibility index (Phi) is 7.75.